The maximum Gasteiger partial charge on any atom is 0.0746 e. The molecule has 1 aromatic carbocycles. The fourth-order valence-electron chi connectivity index (χ4n) is 2.34. The second-order valence-electron chi connectivity index (χ2n) is 4.88. The number of hydrogen-bond acceptors (Lipinski definition) is 3. The van der Waals surface area contributed by atoms with Crippen molar-refractivity contribution >= 4 is 10.9 Å². The zero-order chi connectivity index (χ0) is 13.8. The van der Waals surface area contributed by atoms with Gasteiger partial charge in [0.1, 0.15) is 0 Å². The molecule has 0 aliphatic heterocycles. The van der Waals surface area contributed by atoms with Crippen molar-refractivity contribution in [2.75, 3.05) is 0 Å². The fourth-order valence-corrected chi connectivity index (χ4v) is 2.34. The average molecular weight is 263 g/mol. The van der Waals surface area contributed by atoms with E-state index in [0.717, 1.165) is 12.1 Å². The SMILES string of the molecule is C[C@@H](NCc1cccc2cccnc12)c1ccncc1. The van der Waals surface area contributed by atoms with Crippen LogP contribution in [0.25, 0.3) is 10.9 Å². The molecule has 1 N–H and O–H groups in total. The Kier molecular flexibility index (Phi) is 3.70. The van der Waals surface area contributed by atoms with Gasteiger partial charge in [-0.15, -0.1) is 0 Å². The van der Waals surface area contributed by atoms with Gasteiger partial charge in [-0.3, -0.25) is 9.97 Å². The summed E-state index contributed by atoms with van der Waals surface area (Å²) >= 11 is 0. The summed E-state index contributed by atoms with van der Waals surface area (Å²) in [4.78, 5) is 8.53. The molecule has 100 valence electrons. The van der Waals surface area contributed by atoms with Crippen LogP contribution in [-0.2, 0) is 6.54 Å². The van der Waals surface area contributed by atoms with Crippen LogP contribution in [0.1, 0.15) is 24.1 Å². The number of nitrogens with zero attached hydrogens (tertiary/aromatic N) is 2. The van der Waals surface area contributed by atoms with Gasteiger partial charge in [-0.05, 0) is 36.2 Å². The van der Waals surface area contributed by atoms with E-state index in [0.29, 0.717) is 0 Å². The molecule has 0 saturated carbocycles. The number of benzene rings is 1. The van der Waals surface area contributed by atoms with Crippen LogP contribution in [0.2, 0.25) is 0 Å². The lowest BCUT2D eigenvalue weighted by molar-refractivity contribution is 0.575. The first-order valence-corrected chi connectivity index (χ1v) is 6.80. The molecular formula is C17H17N3. The van der Waals surface area contributed by atoms with Crippen LogP contribution in [0.4, 0.5) is 0 Å². The summed E-state index contributed by atoms with van der Waals surface area (Å²) in [5.41, 5.74) is 3.54. The summed E-state index contributed by atoms with van der Waals surface area (Å²) in [5.74, 6) is 0. The van der Waals surface area contributed by atoms with Gasteiger partial charge in [-0.2, -0.15) is 0 Å². The van der Waals surface area contributed by atoms with Crippen molar-refractivity contribution in [3.8, 4) is 0 Å². The lowest BCUT2D eigenvalue weighted by atomic mass is 10.1. The number of nitrogens with one attached hydrogen (secondary N) is 1. The largest absolute Gasteiger partial charge is 0.306 e. The molecule has 0 amide bonds. The van der Waals surface area contributed by atoms with E-state index in [2.05, 4.69) is 46.5 Å². The van der Waals surface area contributed by atoms with Crippen molar-refractivity contribution in [3.63, 3.8) is 0 Å². The number of hydrogen-bond donors (Lipinski definition) is 1. The Balaban J connectivity index is 1.77. The minimum atomic E-state index is 0.289. The minimum absolute atomic E-state index is 0.289. The van der Waals surface area contributed by atoms with Crippen molar-refractivity contribution in [2.24, 2.45) is 0 Å². The Bertz CT molecular complexity index is 689. The lowest BCUT2D eigenvalue weighted by Gasteiger charge is -2.14. The summed E-state index contributed by atoms with van der Waals surface area (Å²) in [5, 5.41) is 4.72. The first kappa shape index (κ1) is 12.8. The molecule has 3 nitrogen and oxygen atoms in total. The lowest BCUT2D eigenvalue weighted by Crippen LogP contribution is -2.18. The van der Waals surface area contributed by atoms with Crippen LogP contribution in [0.15, 0.2) is 61.1 Å². The number of aromatic nitrogens is 2. The zero-order valence-corrected chi connectivity index (χ0v) is 11.5. The number of para-hydroxylation sites is 1. The summed E-state index contributed by atoms with van der Waals surface area (Å²) in [6.45, 7) is 2.96. The van der Waals surface area contributed by atoms with Crippen LogP contribution >= 0.6 is 0 Å². The van der Waals surface area contributed by atoms with Gasteiger partial charge in [0.05, 0.1) is 5.52 Å². The van der Waals surface area contributed by atoms with Gasteiger partial charge in [0.15, 0.2) is 0 Å². The van der Waals surface area contributed by atoms with Crippen LogP contribution in [0, 0.1) is 0 Å². The first-order valence-electron chi connectivity index (χ1n) is 6.80. The van der Waals surface area contributed by atoms with Crippen molar-refractivity contribution in [1.82, 2.24) is 15.3 Å². The monoisotopic (exact) mass is 263 g/mol. The Morgan fingerprint density at radius 2 is 1.80 bits per heavy atom. The van der Waals surface area contributed by atoms with Gasteiger partial charge in [0.2, 0.25) is 0 Å². The molecule has 0 spiro atoms. The van der Waals surface area contributed by atoms with Gasteiger partial charge in [-0.25, -0.2) is 0 Å². The molecule has 3 aromatic rings. The molecule has 0 radical (unpaired) electrons. The van der Waals surface area contributed by atoms with E-state index in [9.17, 15) is 0 Å². The third-order valence-corrected chi connectivity index (χ3v) is 3.52. The third-order valence-electron chi connectivity index (χ3n) is 3.52. The molecule has 3 rings (SSSR count). The molecule has 0 aliphatic carbocycles. The highest BCUT2D eigenvalue weighted by Gasteiger charge is 2.06. The number of pyridine rings is 2. The van der Waals surface area contributed by atoms with Crippen LogP contribution in [-0.4, -0.2) is 9.97 Å². The summed E-state index contributed by atoms with van der Waals surface area (Å²) in [7, 11) is 0. The molecular weight excluding hydrogens is 246 g/mol. The topological polar surface area (TPSA) is 37.8 Å². The Morgan fingerprint density at radius 1 is 1.00 bits per heavy atom. The summed E-state index contributed by atoms with van der Waals surface area (Å²) < 4.78 is 0. The van der Waals surface area contributed by atoms with Crippen LogP contribution in [0.5, 0.6) is 0 Å². The van der Waals surface area contributed by atoms with Gasteiger partial charge < -0.3 is 5.32 Å². The van der Waals surface area contributed by atoms with Gasteiger partial charge in [0.25, 0.3) is 0 Å². The maximum atomic E-state index is 4.48. The highest BCUT2D eigenvalue weighted by Crippen LogP contribution is 2.17. The van der Waals surface area contributed by atoms with E-state index in [1.165, 1.54) is 16.5 Å². The molecule has 2 aromatic heterocycles. The molecule has 0 fully saturated rings. The zero-order valence-electron chi connectivity index (χ0n) is 11.5. The summed E-state index contributed by atoms with van der Waals surface area (Å²) in [6, 6.07) is 14.7. The van der Waals surface area contributed by atoms with E-state index in [-0.39, 0.29) is 6.04 Å². The molecule has 20 heavy (non-hydrogen) atoms. The van der Waals surface area contributed by atoms with Gasteiger partial charge >= 0.3 is 0 Å². The van der Waals surface area contributed by atoms with E-state index >= 15 is 0 Å². The van der Waals surface area contributed by atoms with Crippen LogP contribution in [0.3, 0.4) is 0 Å². The van der Waals surface area contributed by atoms with Crippen molar-refractivity contribution in [1.29, 1.82) is 0 Å². The number of rotatable bonds is 4. The van der Waals surface area contributed by atoms with Crippen molar-refractivity contribution < 1.29 is 0 Å². The van der Waals surface area contributed by atoms with E-state index in [1.54, 1.807) is 0 Å². The van der Waals surface area contributed by atoms with Gasteiger partial charge in [0, 0.05) is 36.6 Å². The van der Waals surface area contributed by atoms with E-state index in [1.807, 2.05) is 36.8 Å². The quantitative estimate of drug-likeness (QED) is 0.783. The molecule has 0 saturated heterocycles. The van der Waals surface area contributed by atoms with E-state index in [4.69, 9.17) is 0 Å². The highest BCUT2D eigenvalue weighted by atomic mass is 14.9. The van der Waals surface area contributed by atoms with Crippen LogP contribution < -0.4 is 5.32 Å². The normalized spacial score (nSPS) is 12.4. The Labute approximate surface area is 118 Å². The standard InChI is InChI=1S/C17H17N3/c1-13(14-7-10-18-11-8-14)20-12-16-5-2-4-15-6-3-9-19-17(15)16/h2-11,13,20H,12H2,1H3/t13-/m1/s1. The Morgan fingerprint density at radius 3 is 2.65 bits per heavy atom. The Hall–Kier alpha value is -2.26. The second kappa shape index (κ2) is 5.80. The smallest absolute Gasteiger partial charge is 0.0746 e. The predicted molar refractivity (Wildman–Crippen MR) is 81.2 cm³/mol. The highest BCUT2D eigenvalue weighted by molar-refractivity contribution is 5.81. The minimum Gasteiger partial charge on any atom is -0.306 e. The van der Waals surface area contributed by atoms with Crippen molar-refractivity contribution in [3.05, 3.63) is 72.2 Å². The molecule has 2 heterocycles. The molecule has 0 unspecified atom stereocenters. The van der Waals surface area contributed by atoms with Gasteiger partial charge in [-0.1, -0.05) is 24.3 Å². The summed E-state index contributed by atoms with van der Waals surface area (Å²) in [6.07, 6.45) is 5.50. The molecule has 0 bridgehead atoms. The second-order valence-corrected chi connectivity index (χ2v) is 4.88. The fraction of sp³-hybridized carbons (Fsp3) is 0.176. The van der Waals surface area contributed by atoms with E-state index < -0.39 is 0 Å². The maximum absolute atomic E-state index is 4.48. The van der Waals surface area contributed by atoms with Crippen molar-refractivity contribution in [2.45, 2.75) is 19.5 Å². The third kappa shape index (κ3) is 2.68. The molecule has 1 atom stereocenters. The average Bonchev–Trinajstić information content (AvgIpc) is 2.53. The molecule has 3 heteroatoms. The molecule has 0 aliphatic rings. The first-order chi connectivity index (χ1) is 9.84. The predicted octanol–water partition coefficient (Wildman–Crippen LogP) is 3.48. The number of fused-ring (bicyclic) bond motifs is 1.